The van der Waals surface area contributed by atoms with Gasteiger partial charge >= 0.3 is 0 Å². The van der Waals surface area contributed by atoms with Gasteiger partial charge < -0.3 is 24.3 Å². The highest BCUT2D eigenvalue weighted by Gasteiger charge is 2.22. The molecule has 4 rings (SSSR count). The first kappa shape index (κ1) is 23.2. The van der Waals surface area contributed by atoms with Gasteiger partial charge in [0.1, 0.15) is 24.7 Å². The van der Waals surface area contributed by atoms with E-state index in [4.69, 9.17) is 18.9 Å². The van der Waals surface area contributed by atoms with Gasteiger partial charge in [0.15, 0.2) is 11.5 Å². The quantitative estimate of drug-likeness (QED) is 0.505. The van der Waals surface area contributed by atoms with Crippen LogP contribution in [0.5, 0.6) is 23.0 Å². The molecule has 0 spiro atoms. The van der Waals surface area contributed by atoms with Crippen LogP contribution >= 0.6 is 0 Å². The molecule has 0 unspecified atom stereocenters. The van der Waals surface area contributed by atoms with E-state index in [0.717, 1.165) is 0 Å². The van der Waals surface area contributed by atoms with E-state index >= 15 is 0 Å². The van der Waals surface area contributed by atoms with Gasteiger partial charge in [-0.05, 0) is 42.5 Å². The molecule has 1 aliphatic heterocycles. The summed E-state index contributed by atoms with van der Waals surface area (Å²) in [7, 11) is -0.905. The molecule has 0 saturated heterocycles. The molecular weight excluding hydrogens is 460 g/mol. The van der Waals surface area contributed by atoms with Crippen molar-refractivity contribution in [3.63, 3.8) is 0 Å². The second-order valence-corrected chi connectivity index (χ2v) is 9.00. The van der Waals surface area contributed by atoms with Crippen molar-refractivity contribution in [2.75, 3.05) is 32.2 Å². The van der Waals surface area contributed by atoms with Crippen LogP contribution in [0.25, 0.3) is 0 Å². The molecule has 34 heavy (non-hydrogen) atoms. The fourth-order valence-corrected chi connectivity index (χ4v) is 4.55. The van der Waals surface area contributed by atoms with E-state index in [1.54, 1.807) is 49.6 Å². The van der Waals surface area contributed by atoms with Crippen molar-refractivity contribution in [3.05, 3.63) is 71.8 Å². The lowest BCUT2D eigenvalue weighted by Crippen LogP contribution is -2.25. The molecule has 0 saturated carbocycles. The number of carbonyl (C=O) groups is 1. The van der Waals surface area contributed by atoms with Gasteiger partial charge in [-0.25, -0.2) is 8.42 Å². The van der Waals surface area contributed by atoms with Crippen LogP contribution in [0.2, 0.25) is 0 Å². The highest BCUT2D eigenvalue weighted by Crippen LogP contribution is 2.33. The monoisotopic (exact) mass is 484 g/mol. The smallest absolute Gasteiger partial charge is 0.262 e. The highest BCUT2D eigenvalue weighted by atomic mass is 32.2. The Morgan fingerprint density at radius 3 is 2.47 bits per heavy atom. The van der Waals surface area contributed by atoms with Crippen LogP contribution < -0.4 is 29.0 Å². The summed E-state index contributed by atoms with van der Waals surface area (Å²) in [4.78, 5) is 12.9. The van der Waals surface area contributed by atoms with Crippen molar-refractivity contribution < 1.29 is 32.2 Å². The summed E-state index contributed by atoms with van der Waals surface area (Å²) in [5.74, 6) is 1.60. The molecule has 3 aromatic rings. The summed E-state index contributed by atoms with van der Waals surface area (Å²) in [5, 5.41) is 2.80. The van der Waals surface area contributed by atoms with Gasteiger partial charge in [-0.2, -0.15) is 0 Å². The van der Waals surface area contributed by atoms with Crippen LogP contribution in [-0.4, -0.2) is 41.8 Å². The maximum Gasteiger partial charge on any atom is 0.262 e. The Hall–Kier alpha value is -3.92. The van der Waals surface area contributed by atoms with Gasteiger partial charge in [-0.15, -0.1) is 0 Å². The predicted molar refractivity (Wildman–Crippen MR) is 125 cm³/mol. The Balaban J connectivity index is 1.53. The van der Waals surface area contributed by atoms with E-state index in [1.165, 1.54) is 25.3 Å². The fraction of sp³-hybridized carbons (Fsp3) is 0.208. The number of fused-ring (bicyclic) bond motifs is 1. The Kier molecular flexibility index (Phi) is 6.78. The first-order valence-corrected chi connectivity index (χ1v) is 11.9. The summed E-state index contributed by atoms with van der Waals surface area (Å²) < 4.78 is 50.1. The summed E-state index contributed by atoms with van der Waals surface area (Å²) in [5.41, 5.74) is 1.03. The number of hydrogen-bond donors (Lipinski definition) is 2. The van der Waals surface area contributed by atoms with Crippen molar-refractivity contribution in [2.45, 2.75) is 11.4 Å². The van der Waals surface area contributed by atoms with E-state index in [-0.39, 0.29) is 22.7 Å². The second-order valence-electron chi connectivity index (χ2n) is 7.32. The molecule has 0 aromatic heterocycles. The molecule has 0 fully saturated rings. The SMILES string of the molecule is COc1ccc(OC)c(CNC(=O)c2ccccc2NS(=O)(=O)c2ccc3c(c2)OCCO3)c1. The largest absolute Gasteiger partial charge is 0.497 e. The second kappa shape index (κ2) is 9.92. The lowest BCUT2D eigenvalue weighted by molar-refractivity contribution is 0.0951. The molecule has 9 nitrogen and oxygen atoms in total. The number of benzene rings is 3. The van der Waals surface area contributed by atoms with E-state index in [0.29, 0.717) is 41.8 Å². The number of sulfonamides is 1. The average molecular weight is 485 g/mol. The number of nitrogens with one attached hydrogen (secondary N) is 2. The van der Waals surface area contributed by atoms with Crippen molar-refractivity contribution in [3.8, 4) is 23.0 Å². The molecule has 2 N–H and O–H groups in total. The van der Waals surface area contributed by atoms with E-state index < -0.39 is 15.9 Å². The summed E-state index contributed by atoms with van der Waals surface area (Å²) in [6.45, 7) is 0.898. The molecule has 0 radical (unpaired) electrons. The van der Waals surface area contributed by atoms with E-state index in [1.807, 2.05) is 0 Å². The third kappa shape index (κ3) is 5.01. The molecule has 0 atom stereocenters. The summed E-state index contributed by atoms with van der Waals surface area (Å²) >= 11 is 0. The number of methoxy groups -OCH3 is 2. The van der Waals surface area contributed by atoms with Crippen LogP contribution in [0.4, 0.5) is 5.69 Å². The minimum atomic E-state index is -3.99. The lowest BCUT2D eigenvalue weighted by atomic mass is 10.1. The molecule has 0 aliphatic carbocycles. The topological polar surface area (TPSA) is 112 Å². The van der Waals surface area contributed by atoms with Gasteiger partial charge in [0.2, 0.25) is 0 Å². The van der Waals surface area contributed by atoms with Crippen LogP contribution in [0.15, 0.2) is 65.6 Å². The Morgan fingerprint density at radius 2 is 1.71 bits per heavy atom. The normalized spacial score (nSPS) is 12.5. The van der Waals surface area contributed by atoms with Crippen LogP contribution in [0.1, 0.15) is 15.9 Å². The molecule has 3 aromatic carbocycles. The molecule has 1 amide bonds. The van der Waals surface area contributed by atoms with Crippen LogP contribution in [-0.2, 0) is 16.6 Å². The zero-order valence-corrected chi connectivity index (χ0v) is 19.5. The maximum atomic E-state index is 13.0. The third-order valence-corrected chi connectivity index (χ3v) is 6.53. The maximum absolute atomic E-state index is 13.0. The van der Waals surface area contributed by atoms with Crippen molar-refractivity contribution >= 4 is 21.6 Å². The third-order valence-electron chi connectivity index (χ3n) is 5.17. The molecule has 1 aliphatic rings. The van der Waals surface area contributed by atoms with Gasteiger partial charge in [-0.1, -0.05) is 12.1 Å². The van der Waals surface area contributed by atoms with E-state index in [9.17, 15) is 13.2 Å². The number of amides is 1. The van der Waals surface area contributed by atoms with Crippen LogP contribution in [0, 0.1) is 0 Å². The number of rotatable bonds is 8. The Bertz CT molecular complexity index is 1310. The van der Waals surface area contributed by atoms with Crippen molar-refractivity contribution in [1.82, 2.24) is 5.32 Å². The molecule has 178 valence electrons. The van der Waals surface area contributed by atoms with Gasteiger partial charge in [0.25, 0.3) is 15.9 Å². The molecule has 1 heterocycles. The van der Waals surface area contributed by atoms with Gasteiger partial charge in [0.05, 0.1) is 30.4 Å². The number of anilines is 1. The zero-order chi connectivity index (χ0) is 24.1. The predicted octanol–water partition coefficient (Wildman–Crippen LogP) is 3.21. The first-order valence-electron chi connectivity index (χ1n) is 10.4. The Labute approximate surface area is 197 Å². The summed E-state index contributed by atoms with van der Waals surface area (Å²) in [6, 6.07) is 16.0. The minimum Gasteiger partial charge on any atom is -0.497 e. The summed E-state index contributed by atoms with van der Waals surface area (Å²) in [6.07, 6.45) is 0. The minimum absolute atomic E-state index is 0.00641. The average Bonchev–Trinajstić information content (AvgIpc) is 2.86. The van der Waals surface area contributed by atoms with Gasteiger partial charge in [-0.3, -0.25) is 9.52 Å². The highest BCUT2D eigenvalue weighted by molar-refractivity contribution is 7.92. The standard InChI is InChI=1S/C24H24N2O7S/c1-30-17-7-9-21(31-2)16(13-17)15-25-24(27)19-5-3-4-6-20(19)26-34(28,29)18-8-10-22-23(14-18)33-12-11-32-22/h3-10,13-14,26H,11-12,15H2,1-2H3,(H,25,27). The Morgan fingerprint density at radius 1 is 0.941 bits per heavy atom. The van der Waals surface area contributed by atoms with Gasteiger partial charge in [0, 0.05) is 18.2 Å². The van der Waals surface area contributed by atoms with Crippen molar-refractivity contribution in [1.29, 1.82) is 0 Å². The van der Waals surface area contributed by atoms with E-state index in [2.05, 4.69) is 10.0 Å². The molecule has 0 bridgehead atoms. The molecular formula is C24H24N2O7S. The fourth-order valence-electron chi connectivity index (χ4n) is 3.46. The number of ether oxygens (including phenoxy) is 4. The number of hydrogen-bond acceptors (Lipinski definition) is 7. The number of carbonyl (C=O) groups excluding carboxylic acids is 1. The number of para-hydroxylation sites is 1. The zero-order valence-electron chi connectivity index (χ0n) is 18.7. The van der Waals surface area contributed by atoms with Crippen molar-refractivity contribution in [2.24, 2.45) is 0 Å². The first-order chi connectivity index (χ1) is 16.4. The lowest BCUT2D eigenvalue weighted by Gasteiger charge is -2.19. The van der Waals surface area contributed by atoms with Crippen LogP contribution in [0.3, 0.4) is 0 Å². The molecule has 10 heteroatoms.